The number of hydrogen-bond donors (Lipinski definition) is 2. The number of anilines is 7. The molecule has 74 heavy (non-hydrogen) atoms. The molecule has 4 atom stereocenters. The molecular formula is C64H69N5O5. The van der Waals surface area contributed by atoms with Crippen molar-refractivity contribution in [1.29, 1.82) is 5.26 Å². The summed E-state index contributed by atoms with van der Waals surface area (Å²) in [6.45, 7) is 15.7. The summed E-state index contributed by atoms with van der Waals surface area (Å²) in [6, 6.07) is 66.7. The van der Waals surface area contributed by atoms with Crippen molar-refractivity contribution >= 4 is 45.9 Å². The van der Waals surface area contributed by atoms with Crippen LogP contribution in [0.15, 0.2) is 194 Å². The Balaban J connectivity index is 0.885. The van der Waals surface area contributed by atoms with Gasteiger partial charge in [0, 0.05) is 52.9 Å². The van der Waals surface area contributed by atoms with Crippen molar-refractivity contribution in [3.8, 4) is 22.9 Å². The summed E-state index contributed by atoms with van der Waals surface area (Å²) < 4.78 is 6.24. The monoisotopic (exact) mass is 988 g/mol. The summed E-state index contributed by atoms with van der Waals surface area (Å²) in [5.41, 5.74) is 10.7. The van der Waals surface area contributed by atoms with Crippen LogP contribution in [0.1, 0.15) is 77.7 Å². The smallest absolute Gasteiger partial charge is 0.262 e. The van der Waals surface area contributed by atoms with Gasteiger partial charge in [0.15, 0.2) is 0 Å². The van der Waals surface area contributed by atoms with Gasteiger partial charge in [0.2, 0.25) is 0 Å². The standard InChI is InChI=1S/C64H69N5O5/c1-5-51(46-49(3)63(73-70)26-17-10-18-44-67(6-2)55-34-28-50(29-35-55)47-54(48-65)66-4)64(74-71)27-19-45-72-62-42-40-61(41-43-62)69(58-24-15-9-16-25-58)60-38-32-53(33-39-60)52-30-36-59(37-31-52)68(56-20-11-7-12-21-56)57-22-13-8-14-23-57/h7-9,11-16,20-25,28-43,47,49,51,63-64,70-71H,5-6,10,17-19,26-27,44-46H2,1-3H3. The van der Waals surface area contributed by atoms with Gasteiger partial charge in [-0.15, -0.1) is 0 Å². The van der Waals surface area contributed by atoms with Crippen LogP contribution in [0.2, 0.25) is 0 Å². The molecule has 0 bridgehead atoms. The van der Waals surface area contributed by atoms with Gasteiger partial charge in [0.25, 0.3) is 5.70 Å². The highest BCUT2D eigenvalue weighted by Gasteiger charge is 2.27. The third-order valence-corrected chi connectivity index (χ3v) is 13.8. The molecule has 0 aliphatic carbocycles. The first-order valence-electron chi connectivity index (χ1n) is 26.0. The van der Waals surface area contributed by atoms with Crippen LogP contribution in [-0.4, -0.2) is 42.4 Å². The molecule has 2 N–H and O–H groups in total. The molecule has 380 valence electrons. The zero-order valence-corrected chi connectivity index (χ0v) is 42.9. The molecule has 0 fully saturated rings. The summed E-state index contributed by atoms with van der Waals surface area (Å²) in [7, 11) is 0. The SMILES string of the molecule is [C-]#[N+]C(C#N)=Cc1ccc(N(CC)CCCCCC(OO)C(C)CC(CC)C(CCCOc2ccc(N(c3ccccc3)c3ccc(-c4ccc(N(c5ccccc5)c5ccccc5)cc4)cc3)cc2)OO)cc1. The lowest BCUT2D eigenvalue weighted by molar-refractivity contribution is -0.302. The fraction of sp³-hybridized carbons (Fsp3) is 0.281. The number of nitrogens with zero attached hydrogens (tertiary/aromatic N) is 5. The molecule has 7 aromatic rings. The van der Waals surface area contributed by atoms with Crippen LogP contribution in [0.4, 0.5) is 39.8 Å². The third kappa shape index (κ3) is 14.9. The van der Waals surface area contributed by atoms with Gasteiger partial charge >= 0.3 is 0 Å². The van der Waals surface area contributed by atoms with E-state index in [0.717, 1.165) is 114 Å². The number of allylic oxidation sites excluding steroid dienone is 1. The fourth-order valence-corrected chi connectivity index (χ4v) is 9.75. The van der Waals surface area contributed by atoms with Crippen LogP contribution in [-0.2, 0) is 9.78 Å². The molecule has 10 nitrogen and oxygen atoms in total. The molecule has 7 rings (SSSR count). The molecule has 0 amide bonds. The number of hydrogen-bond acceptors (Lipinski definition) is 9. The first kappa shape index (κ1) is 54.1. The van der Waals surface area contributed by atoms with E-state index in [0.29, 0.717) is 19.4 Å². The number of ether oxygens (including phenoxy) is 1. The largest absolute Gasteiger partial charge is 0.494 e. The topological polar surface area (TPSA) is 106 Å². The molecule has 0 aliphatic rings. The van der Waals surface area contributed by atoms with Crippen LogP contribution in [0, 0.1) is 29.7 Å². The van der Waals surface area contributed by atoms with E-state index in [9.17, 15) is 10.5 Å². The van der Waals surface area contributed by atoms with Crippen molar-refractivity contribution in [3.05, 3.63) is 211 Å². The zero-order chi connectivity index (χ0) is 51.9. The minimum absolute atomic E-state index is 0.0601. The van der Waals surface area contributed by atoms with Gasteiger partial charge < -0.3 is 19.4 Å². The van der Waals surface area contributed by atoms with Crippen molar-refractivity contribution in [2.24, 2.45) is 11.8 Å². The Morgan fingerprint density at radius 2 is 1.04 bits per heavy atom. The summed E-state index contributed by atoms with van der Waals surface area (Å²) in [4.78, 5) is 20.2. The van der Waals surface area contributed by atoms with Gasteiger partial charge in [0.1, 0.15) is 5.75 Å². The predicted molar refractivity (Wildman–Crippen MR) is 302 cm³/mol. The fourth-order valence-electron chi connectivity index (χ4n) is 9.75. The molecule has 0 spiro atoms. The van der Waals surface area contributed by atoms with E-state index in [2.05, 4.69) is 174 Å². The molecule has 0 aromatic heterocycles. The lowest BCUT2D eigenvalue weighted by atomic mass is 9.84. The van der Waals surface area contributed by atoms with E-state index in [1.165, 1.54) is 0 Å². The van der Waals surface area contributed by atoms with Crippen LogP contribution in [0.3, 0.4) is 0 Å². The second-order valence-electron chi connectivity index (χ2n) is 18.7. The van der Waals surface area contributed by atoms with E-state index in [4.69, 9.17) is 26.3 Å². The lowest BCUT2D eigenvalue weighted by Gasteiger charge is -2.29. The minimum atomic E-state index is -0.367. The van der Waals surface area contributed by atoms with E-state index in [-0.39, 0.29) is 29.7 Å². The second kappa shape index (κ2) is 28.5. The highest BCUT2D eigenvalue weighted by Crippen LogP contribution is 2.39. The van der Waals surface area contributed by atoms with Crippen molar-refractivity contribution in [2.75, 3.05) is 34.4 Å². The van der Waals surface area contributed by atoms with Crippen LogP contribution < -0.4 is 19.4 Å². The van der Waals surface area contributed by atoms with E-state index in [1.807, 2.05) is 60.7 Å². The number of rotatable bonds is 28. The molecule has 10 heteroatoms. The summed E-state index contributed by atoms with van der Waals surface area (Å²) >= 11 is 0. The Bertz CT molecular complexity index is 2780. The molecule has 7 aromatic carbocycles. The van der Waals surface area contributed by atoms with E-state index >= 15 is 0 Å². The lowest BCUT2D eigenvalue weighted by Crippen LogP contribution is -2.29. The molecule has 0 heterocycles. The highest BCUT2D eigenvalue weighted by atomic mass is 17.1. The molecule has 0 radical (unpaired) electrons. The van der Waals surface area contributed by atoms with Crippen LogP contribution in [0.5, 0.6) is 5.75 Å². The molecular weight excluding hydrogens is 919 g/mol. The Morgan fingerprint density at radius 3 is 1.49 bits per heavy atom. The first-order valence-corrected chi connectivity index (χ1v) is 26.0. The van der Waals surface area contributed by atoms with Gasteiger partial charge in [-0.05, 0) is 171 Å². The maximum atomic E-state index is 10.1. The zero-order valence-electron chi connectivity index (χ0n) is 42.9. The number of para-hydroxylation sites is 3. The van der Waals surface area contributed by atoms with E-state index < -0.39 is 0 Å². The average molecular weight is 988 g/mol. The Morgan fingerprint density at radius 1 is 0.581 bits per heavy atom. The first-order chi connectivity index (χ1) is 36.4. The normalized spacial score (nSPS) is 12.9. The summed E-state index contributed by atoms with van der Waals surface area (Å²) in [5.74, 6) is 0.904. The van der Waals surface area contributed by atoms with Crippen molar-refractivity contribution in [2.45, 2.75) is 84.3 Å². The maximum Gasteiger partial charge on any atom is 0.262 e. The van der Waals surface area contributed by atoms with Crippen molar-refractivity contribution in [1.82, 2.24) is 0 Å². The highest BCUT2D eigenvalue weighted by molar-refractivity contribution is 5.81. The van der Waals surface area contributed by atoms with Gasteiger partial charge in [-0.3, -0.25) is 10.5 Å². The Kier molecular flexibility index (Phi) is 20.8. The number of nitriles is 1. The third-order valence-electron chi connectivity index (χ3n) is 13.8. The number of unbranched alkanes of at least 4 members (excludes halogenated alkanes) is 2. The van der Waals surface area contributed by atoms with Crippen molar-refractivity contribution < 1.29 is 25.0 Å². The average Bonchev–Trinajstić information content (AvgIpc) is 3.46. The van der Waals surface area contributed by atoms with Gasteiger partial charge in [-0.25, -0.2) is 19.9 Å². The van der Waals surface area contributed by atoms with E-state index in [1.54, 1.807) is 6.08 Å². The predicted octanol–water partition coefficient (Wildman–Crippen LogP) is 17.1. The van der Waals surface area contributed by atoms with Gasteiger partial charge in [-0.2, -0.15) is 0 Å². The summed E-state index contributed by atoms with van der Waals surface area (Å²) in [5, 5.41) is 29.1. The maximum absolute atomic E-state index is 10.1. The summed E-state index contributed by atoms with van der Waals surface area (Å²) in [6.07, 6.45) is 7.43. The second-order valence-corrected chi connectivity index (χ2v) is 18.7. The van der Waals surface area contributed by atoms with Gasteiger partial charge in [-0.1, -0.05) is 124 Å². The Labute approximate surface area is 438 Å². The minimum Gasteiger partial charge on any atom is -0.494 e. The van der Waals surface area contributed by atoms with Gasteiger partial charge in [0.05, 0.1) is 31.5 Å². The molecule has 0 saturated carbocycles. The van der Waals surface area contributed by atoms with Crippen molar-refractivity contribution in [3.63, 3.8) is 0 Å². The Hall–Kier alpha value is -7.70. The molecule has 0 saturated heterocycles. The molecule has 0 aliphatic heterocycles. The molecule has 4 unspecified atom stereocenters. The van der Waals surface area contributed by atoms with Crippen LogP contribution in [0.25, 0.3) is 22.0 Å². The quantitative estimate of drug-likeness (QED) is 0.0163. The number of benzene rings is 7. The van der Waals surface area contributed by atoms with Crippen LogP contribution >= 0.6 is 0 Å².